The molecule has 5 heteroatoms. The first-order valence-electron chi connectivity index (χ1n) is 7.13. The van der Waals surface area contributed by atoms with Crippen LogP contribution in [0.25, 0.3) is 0 Å². The van der Waals surface area contributed by atoms with Crippen molar-refractivity contribution < 1.29 is 4.79 Å². The van der Waals surface area contributed by atoms with E-state index in [4.69, 9.17) is 5.73 Å². The van der Waals surface area contributed by atoms with Crippen LogP contribution in [-0.4, -0.2) is 27.8 Å². The van der Waals surface area contributed by atoms with Crippen LogP contribution in [0.4, 0.5) is 0 Å². The van der Waals surface area contributed by atoms with E-state index in [0.29, 0.717) is 0 Å². The smallest absolute Gasteiger partial charge is 0.241 e. The van der Waals surface area contributed by atoms with E-state index < -0.39 is 0 Å². The zero-order valence-electron chi connectivity index (χ0n) is 13.3. The Morgan fingerprint density at radius 1 is 1.35 bits per heavy atom. The lowest BCUT2D eigenvalue weighted by molar-refractivity contribution is -0.133. The van der Waals surface area contributed by atoms with Gasteiger partial charge in [0.25, 0.3) is 0 Å². The quantitative estimate of drug-likeness (QED) is 0.877. The SMILES string of the molecule is Cc1cc(C)n(CC(=O)NC2C(C)(C)C(N)C2(C)C)n1. The molecule has 0 unspecified atom stereocenters. The van der Waals surface area contributed by atoms with Crippen LogP contribution in [-0.2, 0) is 11.3 Å². The molecule has 1 fully saturated rings. The molecular formula is C15H26N4O. The summed E-state index contributed by atoms with van der Waals surface area (Å²) in [7, 11) is 0. The number of rotatable bonds is 3. The number of aromatic nitrogens is 2. The standard InChI is InChI=1S/C15H26N4O/c1-9-7-10(2)19(18-9)8-11(20)17-13-14(3,4)12(16)15(13,5)6/h7,12-13H,8,16H2,1-6H3,(H,17,20). The summed E-state index contributed by atoms with van der Waals surface area (Å²) in [5.41, 5.74) is 7.99. The van der Waals surface area contributed by atoms with Gasteiger partial charge in [0.15, 0.2) is 0 Å². The van der Waals surface area contributed by atoms with Crippen molar-refractivity contribution in [1.29, 1.82) is 0 Å². The highest BCUT2D eigenvalue weighted by atomic mass is 16.2. The summed E-state index contributed by atoms with van der Waals surface area (Å²) in [6.07, 6.45) is 0. The topological polar surface area (TPSA) is 72.9 Å². The molecule has 1 heterocycles. The molecule has 1 saturated carbocycles. The van der Waals surface area contributed by atoms with Gasteiger partial charge in [-0.15, -0.1) is 0 Å². The molecule has 0 atom stereocenters. The fraction of sp³-hybridized carbons (Fsp3) is 0.733. The first-order valence-corrected chi connectivity index (χ1v) is 7.13. The van der Waals surface area contributed by atoms with Gasteiger partial charge in [-0.05, 0) is 19.9 Å². The molecule has 0 spiro atoms. The van der Waals surface area contributed by atoms with Gasteiger partial charge in [0, 0.05) is 28.6 Å². The largest absolute Gasteiger partial charge is 0.351 e. The lowest BCUT2D eigenvalue weighted by Crippen LogP contribution is -2.76. The van der Waals surface area contributed by atoms with E-state index in [1.54, 1.807) is 4.68 Å². The van der Waals surface area contributed by atoms with Crippen LogP contribution in [0.5, 0.6) is 0 Å². The van der Waals surface area contributed by atoms with E-state index >= 15 is 0 Å². The number of nitrogens with one attached hydrogen (secondary N) is 1. The molecule has 1 amide bonds. The number of amides is 1. The monoisotopic (exact) mass is 278 g/mol. The Kier molecular flexibility index (Phi) is 3.45. The summed E-state index contributed by atoms with van der Waals surface area (Å²) in [4.78, 5) is 12.2. The van der Waals surface area contributed by atoms with Gasteiger partial charge in [-0.3, -0.25) is 9.48 Å². The number of nitrogens with zero attached hydrogens (tertiary/aromatic N) is 2. The number of hydrogen-bond donors (Lipinski definition) is 2. The van der Waals surface area contributed by atoms with E-state index in [2.05, 4.69) is 38.1 Å². The van der Waals surface area contributed by atoms with Crippen molar-refractivity contribution in [1.82, 2.24) is 15.1 Å². The van der Waals surface area contributed by atoms with Gasteiger partial charge in [0.1, 0.15) is 6.54 Å². The summed E-state index contributed by atoms with van der Waals surface area (Å²) >= 11 is 0. The zero-order chi connectivity index (χ0) is 15.3. The number of aryl methyl sites for hydroxylation is 2. The highest BCUT2D eigenvalue weighted by Crippen LogP contribution is 2.52. The van der Waals surface area contributed by atoms with Crippen LogP contribution < -0.4 is 11.1 Å². The van der Waals surface area contributed by atoms with Crippen molar-refractivity contribution in [2.45, 2.75) is 60.2 Å². The first-order chi connectivity index (χ1) is 9.06. The van der Waals surface area contributed by atoms with Crippen molar-refractivity contribution in [3.63, 3.8) is 0 Å². The molecule has 20 heavy (non-hydrogen) atoms. The third-order valence-corrected chi connectivity index (χ3v) is 4.79. The summed E-state index contributed by atoms with van der Waals surface area (Å²) in [6.45, 7) is 12.6. The minimum absolute atomic E-state index is 0.00532. The second kappa shape index (κ2) is 4.58. The molecule has 0 saturated heterocycles. The van der Waals surface area contributed by atoms with E-state index in [9.17, 15) is 4.79 Å². The van der Waals surface area contributed by atoms with Crippen LogP contribution in [0.2, 0.25) is 0 Å². The number of nitrogens with two attached hydrogens (primary N) is 1. The van der Waals surface area contributed by atoms with E-state index in [0.717, 1.165) is 11.4 Å². The summed E-state index contributed by atoms with van der Waals surface area (Å²) in [5.74, 6) is -0.00532. The van der Waals surface area contributed by atoms with Gasteiger partial charge >= 0.3 is 0 Å². The summed E-state index contributed by atoms with van der Waals surface area (Å²) < 4.78 is 1.74. The van der Waals surface area contributed by atoms with Crippen molar-refractivity contribution in [2.24, 2.45) is 16.6 Å². The zero-order valence-corrected chi connectivity index (χ0v) is 13.3. The molecule has 3 N–H and O–H groups in total. The van der Waals surface area contributed by atoms with Gasteiger partial charge in [0.2, 0.25) is 5.91 Å². The summed E-state index contributed by atoms with van der Waals surface area (Å²) in [6, 6.07) is 2.16. The van der Waals surface area contributed by atoms with Gasteiger partial charge in [-0.2, -0.15) is 5.10 Å². The Bertz CT molecular complexity index is 514. The van der Waals surface area contributed by atoms with Crippen molar-refractivity contribution in [3.8, 4) is 0 Å². The Morgan fingerprint density at radius 2 is 1.90 bits per heavy atom. The van der Waals surface area contributed by atoms with Crippen LogP contribution in [0.15, 0.2) is 6.07 Å². The molecule has 112 valence electrons. The maximum Gasteiger partial charge on any atom is 0.241 e. The molecule has 2 rings (SSSR count). The van der Waals surface area contributed by atoms with Crippen LogP contribution in [0.1, 0.15) is 39.1 Å². The Labute approximate surface area is 120 Å². The molecule has 0 aliphatic heterocycles. The number of hydrogen-bond acceptors (Lipinski definition) is 3. The van der Waals surface area contributed by atoms with Gasteiger partial charge in [0.05, 0.1) is 5.69 Å². The first kappa shape index (κ1) is 15.0. The fourth-order valence-corrected chi connectivity index (χ4v) is 3.73. The second-order valence-corrected chi connectivity index (χ2v) is 7.21. The average Bonchev–Trinajstić information content (AvgIpc) is 2.63. The van der Waals surface area contributed by atoms with E-state index in [1.165, 1.54) is 0 Å². The molecule has 5 nitrogen and oxygen atoms in total. The maximum absolute atomic E-state index is 12.2. The lowest BCUT2D eigenvalue weighted by Gasteiger charge is -2.62. The van der Waals surface area contributed by atoms with Gasteiger partial charge in [-0.1, -0.05) is 27.7 Å². The van der Waals surface area contributed by atoms with Gasteiger partial charge < -0.3 is 11.1 Å². The summed E-state index contributed by atoms with van der Waals surface area (Å²) in [5, 5.41) is 7.45. The Hall–Kier alpha value is -1.36. The maximum atomic E-state index is 12.2. The van der Waals surface area contributed by atoms with E-state index in [1.807, 2.05) is 19.9 Å². The molecule has 1 aromatic heterocycles. The predicted octanol–water partition coefficient (Wildman–Crippen LogP) is 1.38. The van der Waals surface area contributed by atoms with Crippen LogP contribution >= 0.6 is 0 Å². The predicted molar refractivity (Wildman–Crippen MR) is 79.2 cm³/mol. The Morgan fingerprint density at radius 3 is 2.35 bits per heavy atom. The van der Waals surface area contributed by atoms with Crippen molar-refractivity contribution in [2.75, 3.05) is 0 Å². The van der Waals surface area contributed by atoms with Gasteiger partial charge in [-0.25, -0.2) is 0 Å². The average molecular weight is 278 g/mol. The molecular weight excluding hydrogens is 252 g/mol. The van der Waals surface area contributed by atoms with Crippen LogP contribution in [0.3, 0.4) is 0 Å². The minimum Gasteiger partial charge on any atom is -0.351 e. The van der Waals surface area contributed by atoms with Crippen molar-refractivity contribution >= 4 is 5.91 Å². The Balaban J connectivity index is 2.04. The third kappa shape index (κ3) is 2.24. The van der Waals surface area contributed by atoms with E-state index in [-0.39, 0.29) is 35.4 Å². The molecule has 1 aliphatic rings. The normalized spacial score (nSPS) is 26.9. The second-order valence-electron chi connectivity index (χ2n) is 7.21. The molecule has 1 aromatic rings. The lowest BCUT2D eigenvalue weighted by atomic mass is 9.48. The highest BCUT2D eigenvalue weighted by Gasteiger charge is 2.60. The number of carbonyl (C=O) groups is 1. The van der Waals surface area contributed by atoms with Crippen LogP contribution in [0, 0.1) is 24.7 Å². The minimum atomic E-state index is -0.0752. The highest BCUT2D eigenvalue weighted by molar-refractivity contribution is 5.76. The van der Waals surface area contributed by atoms with Crippen molar-refractivity contribution in [3.05, 3.63) is 17.5 Å². The molecule has 0 aromatic carbocycles. The molecule has 0 radical (unpaired) electrons. The number of carbonyl (C=O) groups excluding carboxylic acids is 1. The fourth-order valence-electron chi connectivity index (χ4n) is 3.73. The third-order valence-electron chi connectivity index (χ3n) is 4.79. The molecule has 0 bridgehead atoms. The molecule has 1 aliphatic carbocycles.